The largest absolute Gasteiger partial charge is 0.480 e. The van der Waals surface area contributed by atoms with Gasteiger partial charge in [-0.05, 0) is 19.9 Å². The summed E-state index contributed by atoms with van der Waals surface area (Å²) in [6.45, 7) is 4.08. The van der Waals surface area contributed by atoms with Crippen LogP contribution in [0.3, 0.4) is 0 Å². The third kappa shape index (κ3) is 5.76. The van der Waals surface area contributed by atoms with Crippen molar-refractivity contribution in [2.24, 2.45) is 0 Å². The van der Waals surface area contributed by atoms with E-state index < -0.39 is 22.8 Å². The van der Waals surface area contributed by atoms with Gasteiger partial charge in [0, 0.05) is 22.3 Å². The number of carboxylic acid groups (broad SMARTS) is 1. The van der Waals surface area contributed by atoms with Crippen molar-refractivity contribution in [2.45, 2.75) is 31.6 Å². The standard InChI is InChI=1S/C8H17NO3S/c1-6(13(3)12)4-5-9-7(2)8(10)11/h6-7,9H,4-5H2,1-3H3,(H,10,11). The maximum Gasteiger partial charge on any atom is 0.320 e. The first-order chi connectivity index (χ1) is 5.95. The van der Waals surface area contributed by atoms with Crippen molar-refractivity contribution in [2.75, 3.05) is 12.8 Å². The molecule has 4 nitrogen and oxygen atoms in total. The van der Waals surface area contributed by atoms with Crippen LogP contribution >= 0.6 is 0 Å². The molecule has 13 heavy (non-hydrogen) atoms. The van der Waals surface area contributed by atoms with Gasteiger partial charge in [-0.2, -0.15) is 0 Å². The Morgan fingerprint density at radius 3 is 2.46 bits per heavy atom. The van der Waals surface area contributed by atoms with Crippen LogP contribution in [-0.2, 0) is 15.6 Å². The first kappa shape index (κ1) is 12.6. The van der Waals surface area contributed by atoms with E-state index >= 15 is 0 Å². The second kappa shape index (κ2) is 6.10. The minimum absolute atomic E-state index is 0.119. The van der Waals surface area contributed by atoms with E-state index in [0.29, 0.717) is 6.54 Å². The lowest BCUT2D eigenvalue weighted by molar-refractivity contribution is -0.138. The van der Waals surface area contributed by atoms with Crippen molar-refractivity contribution in [3.8, 4) is 0 Å². The number of rotatable bonds is 6. The van der Waals surface area contributed by atoms with Gasteiger partial charge in [-0.3, -0.25) is 9.00 Å². The van der Waals surface area contributed by atoms with Crippen molar-refractivity contribution in [1.82, 2.24) is 5.32 Å². The Labute approximate surface area is 81.2 Å². The van der Waals surface area contributed by atoms with Gasteiger partial charge in [-0.25, -0.2) is 0 Å². The molecule has 0 fully saturated rings. The molecule has 0 aliphatic rings. The summed E-state index contributed by atoms with van der Waals surface area (Å²) < 4.78 is 10.9. The van der Waals surface area contributed by atoms with Gasteiger partial charge < -0.3 is 10.4 Å². The lowest BCUT2D eigenvalue weighted by Gasteiger charge is -2.11. The molecule has 5 heteroatoms. The molecule has 0 amide bonds. The van der Waals surface area contributed by atoms with Gasteiger partial charge in [-0.1, -0.05) is 6.92 Å². The molecule has 2 N–H and O–H groups in total. The Kier molecular flexibility index (Phi) is 5.90. The van der Waals surface area contributed by atoms with E-state index in [4.69, 9.17) is 5.11 Å². The first-order valence-corrected chi connectivity index (χ1v) is 5.85. The molecule has 0 saturated heterocycles. The van der Waals surface area contributed by atoms with E-state index in [0.717, 1.165) is 6.42 Å². The van der Waals surface area contributed by atoms with Gasteiger partial charge in [0.1, 0.15) is 6.04 Å². The van der Waals surface area contributed by atoms with E-state index in [1.807, 2.05) is 6.92 Å². The van der Waals surface area contributed by atoms with Crippen LogP contribution in [0, 0.1) is 0 Å². The van der Waals surface area contributed by atoms with Gasteiger partial charge in [0.25, 0.3) is 0 Å². The SMILES string of the molecule is CC(NCCC(C)S(C)=O)C(=O)O. The molecular weight excluding hydrogens is 190 g/mol. The highest BCUT2D eigenvalue weighted by molar-refractivity contribution is 7.84. The maximum atomic E-state index is 10.9. The van der Waals surface area contributed by atoms with Crippen LogP contribution < -0.4 is 5.32 Å². The Hall–Kier alpha value is -0.420. The second-order valence-electron chi connectivity index (χ2n) is 3.11. The summed E-state index contributed by atoms with van der Waals surface area (Å²) in [5.74, 6) is -0.856. The molecule has 0 bridgehead atoms. The predicted octanol–water partition coefficient (Wildman–Crippen LogP) is 0.206. The monoisotopic (exact) mass is 207 g/mol. The van der Waals surface area contributed by atoms with Crippen LogP contribution in [0.25, 0.3) is 0 Å². The summed E-state index contributed by atoms with van der Waals surface area (Å²) in [6, 6.07) is -0.530. The highest BCUT2D eigenvalue weighted by Crippen LogP contribution is 1.97. The van der Waals surface area contributed by atoms with Crippen molar-refractivity contribution in [3.05, 3.63) is 0 Å². The van der Waals surface area contributed by atoms with Crippen molar-refractivity contribution >= 4 is 16.8 Å². The highest BCUT2D eigenvalue weighted by atomic mass is 32.2. The second-order valence-corrected chi connectivity index (χ2v) is 4.91. The lowest BCUT2D eigenvalue weighted by atomic mass is 10.3. The van der Waals surface area contributed by atoms with E-state index in [-0.39, 0.29) is 5.25 Å². The molecule has 3 atom stereocenters. The minimum Gasteiger partial charge on any atom is -0.480 e. The van der Waals surface area contributed by atoms with E-state index in [1.165, 1.54) is 0 Å². The molecule has 0 heterocycles. The third-order valence-electron chi connectivity index (χ3n) is 1.94. The Morgan fingerprint density at radius 1 is 1.54 bits per heavy atom. The number of nitrogens with one attached hydrogen (secondary N) is 1. The van der Waals surface area contributed by atoms with Crippen molar-refractivity contribution in [1.29, 1.82) is 0 Å². The smallest absolute Gasteiger partial charge is 0.320 e. The van der Waals surface area contributed by atoms with Gasteiger partial charge in [-0.15, -0.1) is 0 Å². The summed E-state index contributed by atoms with van der Waals surface area (Å²) in [5, 5.41) is 11.5. The van der Waals surface area contributed by atoms with Gasteiger partial charge in [0.2, 0.25) is 0 Å². The molecule has 0 aliphatic carbocycles. The molecular formula is C8H17NO3S. The van der Waals surface area contributed by atoms with E-state index in [2.05, 4.69) is 5.32 Å². The van der Waals surface area contributed by atoms with Gasteiger partial charge in [0.15, 0.2) is 0 Å². The summed E-state index contributed by atoms with van der Waals surface area (Å²) in [4.78, 5) is 10.4. The molecule has 0 aromatic heterocycles. The van der Waals surface area contributed by atoms with Crippen molar-refractivity contribution in [3.63, 3.8) is 0 Å². The van der Waals surface area contributed by atoms with Crippen LogP contribution in [0.4, 0.5) is 0 Å². The average Bonchev–Trinajstić information content (AvgIpc) is 2.03. The zero-order valence-corrected chi connectivity index (χ0v) is 9.06. The first-order valence-electron chi connectivity index (χ1n) is 4.23. The summed E-state index contributed by atoms with van der Waals surface area (Å²) in [7, 11) is -0.823. The molecule has 78 valence electrons. The zero-order valence-electron chi connectivity index (χ0n) is 8.24. The average molecular weight is 207 g/mol. The summed E-state index contributed by atoms with van der Waals surface area (Å²) >= 11 is 0. The Morgan fingerprint density at radius 2 is 2.08 bits per heavy atom. The van der Waals surface area contributed by atoms with Crippen LogP contribution in [0.5, 0.6) is 0 Å². The molecule has 0 aromatic carbocycles. The fourth-order valence-corrected chi connectivity index (χ4v) is 1.21. The van der Waals surface area contributed by atoms with Gasteiger partial charge in [0.05, 0.1) is 0 Å². The zero-order chi connectivity index (χ0) is 10.4. The van der Waals surface area contributed by atoms with E-state index in [9.17, 15) is 9.00 Å². The normalized spacial score (nSPS) is 17.8. The summed E-state index contributed by atoms with van der Waals surface area (Å²) in [5.41, 5.74) is 0. The fraction of sp³-hybridized carbons (Fsp3) is 0.875. The molecule has 0 rings (SSSR count). The number of hydrogen-bond acceptors (Lipinski definition) is 3. The minimum atomic E-state index is -0.856. The molecule has 0 radical (unpaired) electrons. The van der Waals surface area contributed by atoms with Crippen LogP contribution in [-0.4, -0.2) is 39.4 Å². The quantitative estimate of drug-likeness (QED) is 0.653. The van der Waals surface area contributed by atoms with Crippen LogP contribution in [0.1, 0.15) is 20.3 Å². The topological polar surface area (TPSA) is 66.4 Å². The maximum absolute atomic E-state index is 10.9. The lowest BCUT2D eigenvalue weighted by Crippen LogP contribution is -2.35. The van der Waals surface area contributed by atoms with Crippen molar-refractivity contribution < 1.29 is 14.1 Å². The molecule has 0 aliphatic heterocycles. The number of aliphatic carboxylic acids is 1. The van der Waals surface area contributed by atoms with Gasteiger partial charge >= 0.3 is 5.97 Å². The molecule has 0 aromatic rings. The molecule has 3 unspecified atom stereocenters. The highest BCUT2D eigenvalue weighted by Gasteiger charge is 2.10. The predicted molar refractivity (Wildman–Crippen MR) is 53.2 cm³/mol. The van der Waals surface area contributed by atoms with Crippen LogP contribution in [0.15, 0.2) is 0 Å². The van der Waals surface area contributed by atoms with E-state index in [1.54, 1.807) is 13.2 Å². The number of hydrogen-bond donors (Lipinski definition) is 2. The van der Waals surface area contributed by atoms with Crippen LogP contribution in [0.2, 0.25) is 0 Å². The molecule has 0 saturated carbocycles. The third-order valence-corrected chi connectivity index (χ3v) is 3.31. The fourth-order valence-electron chi connectivity index (χ4n) is 0.756. The number of carbonyl (C=O) groups is 1. The number of carboxylic acids is 1. The molecule has 0 spiro atoms. The Balaban J connectivity index is 3.56. The Bertz CT molecular complexity index is 176. The summed E-state index contributed by atoms with van der Waals surface area (Å²) in [6.07, 6.45) is 2.39.